The number of hydrogen-bond donors (Lipinski definition) is 1. The molecule has 0 aromatic heterocycles. The SMILES string of the molecule is C[C@H]1CN([C@@H](C)CO)S(=O)(=O)c2ccc(C3=CCCC3)cc2O[C@H]1CN(C)Cc1ccccc1. The van der Waals surface area contributed by atoms with Crippen molar-refractivity contribution in [3.63, 3.8) is 0 Å². The summed E-state index contributed by atoms with van der Waals surface area (Å²) in [5.74, 6) is 0.342. The van der Waals surface area contributed by atoms with E-state index in [0.717, 1.165) is 31.4 Å². The lowest BCUT2D eigenvalue weighted by atomic mass is 10.0. The molecule has 1 heterocycles. The topological polar surface area (TPSA) is 70.1 Å². The van der Waals surface area contributed by atoms with Crippen LogP contribution in [0.3, 0.4) is 0 Å². The maximum absolute atomic E-state index is 13.6. The van der Waals surface area contributed by atoms with E-state index >= 15 is 0 Å². The van der Waals surface area contributed by atoms with Crippen molar-refractivity contribution in [3.05, 3.63) is 65.7 Å². The van der Waals surface area contributed by atoms with E-state index in [1.165, 1.54) is 15.4 Å². The third-order valence-corrected chi connectivity index (χ3v) is 8.89. The number of allylic oxidation sites excluding steroid dienone is 2. The maximum atomic E-state index is 13.6. The number of rotatable bonds is 7. The molecule has 0 fully saturated rings. The zero-order valence-electron chi connectivity index (χ0n) is 20.4. The number of likely N-dealkylation sites (N-methyl/N-ethyl adjacent to an activating group) is 1. The molecule has 1 aliphatic carbocycles. The van der Waals surface area contributed by atoms with Crippen LogP contribution < -0.4 is 4.74 Å². The molecule has 0 bridgehead atoms. The Morgan fingerprint density at radius 3 is 2.65 bits per heavy atom. The van der Waals surface area contributed by atoms with Crippen LogP contribution in [-0.4, -0.2) is 61.6 Å². The van der Waals surface area contributed by atoms with Crippen LogP contribution in [0.4, 0.5) is 0 Å². The average Bonchev–Trinajstić information content (AvgIpc) is 3.36. The molecule has 6 nitrogen and oxygen atoms in total. The second-order valence-electron chi connectivity index (χ2n) is 9.71. The van der Waals surface area contributed by atoms with Crippen molar-refractivity contribution < 1.29 is 18.3 Å². The van der Waals surface area contributed by atoms with Crippen molar-refractivity contribution >= 4 is 15.6 Å². The Bertz CT molecular complexity index is 1120. The summed E-state index contributed by atoms with van der Waals surface area (Å²) in [6.07, 6.45) is 5.20. The van der Waals surface area contributed by atoms with Crippen LogP contribution in [0.25, 0.3) is 5.57 Å². The summed E-state index contributed by atoms with van der Waals surface area (Å²) < 4.78 is 35.2. The van der Waals surface area contributed by atoms with Crippen LogP contribution in [0, 0.1) is 5.92 Å². The van der Waals surface area contributed by atoms with E-state index in [1.54, 1.807) is 13.0 Å². The van der Waals surface area contributed by atoms with E-state index in [1.807, 2.05) is 37.3 Å². The molecule has 0 radical (unpaired) electrons. The van der Waals surface area contributed by atoms with Gasteiger partial charge in [-0.05, 0) is 62.1 Å². The molecule has 2 aromatic carbocycles. The van der Waals surface area contributed by atoms with Crippen molar-refractivity contribution in [2.24, 2.45) is 5.92 Å². The van der Waals surface area contributed by atoms with Gasteiger partial charge >= 0.3 is 0 Å². The van der Waals surface area contributed by atoms with Gasteiger partial charge in [0, 0.05) is 31.6 Å². The summed E-state index contributed by atoms with van der Waals surface area (Å²) in [6, 6.07) is 15.2. The Kier molecular flexibility index (Phi) is 7.77. The van der Waals surface area contributed by atoms with E-state index in [4.69, 9.17) is 4.74 Å². The fourth-order valence-corrected chi connectivity index (χ4v) is 6.67. The molecule has 1 N–H and O–H groups in total. The summed E-state index contributed by atoms with van der Waals surface area (Å²) in [5, 5.41) is 9.83. The van der Waals surface area contributed by atoms with Gasteiger partial charge in [0.05, 0.1) is 6.61 Å². The molecule has 2 aromatic rings. The van der Waals surface area contributed by atoms with Crippen LogP contribution in [0.15, 0.2) is 59.5 Å². The van der Waals surface area contributed by atoms with Crippen LogP contribution in [-0.2, 0) is 16.6 Å². The highest BCUT2D eigenvalue weighted by Crippen LogP contribution is 2.37. The van der Waals surface area contributed by atoms with E-state index in [-0.39, 0.29) is 23.5 Å². The normalized spacial score (nSPS) is 23.5. The molecule has 34 heavy (non-hydrogen) atoms. The minimum Gasteiger partial charge on any atom is -0.487 e. The molecule has 0 saturated heterocycles. The molecule has 0 amide bonds. The maximum Gasteiger partial charge on any atom is 0.247 e. The van der Waals surface area contributed by atoms with Crippen molar-refractivity contribution in [2.75, 3.05) is 26.7 Å². The summed E-state index contributed by atoms with van der Waals surface area (Å²) >= 11 is 0. The second-order valence-corrected chi connectivity index (χ2v) is 11.6. The summed E-state index contributed by atoms with van der Waals surface area (Å²) in [7, 11) is -1.75. The number of aliphatic hydroxyl groups is 1. The van der Waals surface area contributed by atoms with E-state index < -0.39 is 16.1 Å². The number of benzene rings is 2. The lowest BCUT2D eigenvalue weighted by molar-refractivity contribution is 0.0733. The first kappa shape index (κ1) is 24.9. The van der Waals surface area contributed by atoms with Gasteiger partial charge in [-0.15, -0.1) is 0 Å². The third-order valence-electron chi connectivity index (χ3n) is 6.87. The minimum absolute atomic E-state index is 0.0653. The lowest BCUT2D eigenvalue weighted by Gasteiger charge is -2.37. The molecule has 0 saturated carbocycles. The van der Waals surface area contributed by atoms with Gasteiger partial charge in [-0.2, -0.15) is 4.31 Å². The lowest BCUT2D eigenvalue weighted by Crippen LogP contribution is -2.49. The van der Waals surface area contributed by atoms with E-state index in [0.29, 0.717) is 18.8 Å². The molecule has 4 rings (SSSR count). The highest BCUT2D eigenvalue weighted by Gasteiger charge is 2.38. The molecule has 0 unspecified atom stereocenters. The number of ether oxygens (including phenoxy) is 1. The van der Waals surface area contributed by atoms with E-state index in [2.05, 4.69) is 30.2 Å². The highest BCUT2D eigenvalue weighted by molar-refractivity contribution is 7.89. The van der Waals surface area contributed by atoms with Crippen molar-refractivity contribution in [3.8, 4) is 5.75 Å². The first-order chi connectivity index (χ1) is 16.3. The number of nitrogens with zero attached hydrogens (tertiary/aromatic N) is 2. The summed E-state index contributed by atoms with van der Waals surface area (Å²) in [5.41, 5.74) is 3.49. The first-order valence-corrected chi connectivity index (χ1v) is 13.6. The molecule has 184 valence electrons. The first-order valence-electron chi connectivity index (χ1n) is 12.1. The number of sulfonamides is 1. The van der Waals surface area contributed by atoms with Gasteiger partial charge in [0.25, 0.3) is 0 Å². The van der Waals surface area contributed by atoms with Gasteiger partial charge in [-0.1, -0.05) is 49.4 Å². The van der Waals surface area contributed by atoms with Crippen LogP contribution >= 0.6 is 0 Å². The predicted molar refractivity (Wildman–Crippen MR) is 135 cm³/mol. The second kappa shape index (κ2) is 10.6. The zero-order chi connectivity index (χ0) is 24.3. The number of fused-ring (bicyclic) bond motifs is 1. The Hall–Kier alpha value is -2.19. The minimum atomic E-state index is -3.81. The molecule has 0 spiro atoms. The smallest absolute Gasteiger partial charge is 0.247 e. The monoisotopic (exact) mass is 484 g/mol. The van der Waals surface area contributed by atoms with Gasteiger partial charge < -0.3 is 9.84 Å². The van der Waals surface area contributed by atoms with E-state index in [9.17, 15) is 13.5 Å². The summed E-state index contributed by atoms with van der Waals surface area (Å²) in [6.45, 7) is 5.28. The molecule has 3 atom stereocenters. The van der Waals surface area contributed by atoms with Gasteiger partial charge in [-0.3, -0.25) is 4.90 Å². The third kappa shape index (κ3) is 5.38. The zero-order valence-corrected chi connectivity index (χ0v) is 21.2. The fourth-order valence-electron chi connectivity index (χ4n) is 4.84. The molecular weight excluding hydrogens is 448 g/mol. The van der Waals surface area contributed by atoms with Crippen LogP contribution in [0.2, 0.25) is 0 Å². The van der Waals surface area contributed by atoms with Crippen molar-refractivity contribution in [1.29, 1.82) is 0 Å². The Labute approximate surface area is 203 Å². The van der Waals surface area contributed by atoms with Crippen LogP contribution in [0.5, 0.6) is 5.75 Å². The predicted octanol–water partition coefficient (Wildman–Crippen LogP) is 4.15. The quantitative estimate of drug-likeness (QED) is 0.639. The van der Waals surface area contributed by atoms with Gasteiger partial charge in [0.15, 0.2) is 0 Å². The fraction of sp³-hybridized carbons (Fsp3) is 0.481. The summed E-state index contributed by atoms with van der Waals surface area (Å²) in [4.78, 5) is 2.40. The average molecular weight is 485 g/mol. The van der Waals surface area contributed by atoms with Gasteiger partial charge in [-0.25, -0.2) is 8.42 Å². The Morgan fingerprint density at radius 1 is 1.21 bits per heavy atom. The Balaban J connectivity index is 1.69. The standard InChI is InChI=1S/C27H36N2O4S/c1-20-16-29(21(2)19-30)34(31,32)27-14-13-24(23-11-7-8-12-23)15-25(27)33-26(20)18-28(3)17-22-9-5-4-6-10-22/h4-6,9-11,13-15,20-21,26,30H,7-8,12,16-19H2,1-3H3/t20-,21-,26-/m0/s1. The Morgan fingerprint density at radius 2 is 1.97 bits per heavy atom. The number of hydrogen-bond acceptors (Lipinski definition) is 5. The molecule has 2 aliphatic rings. The molecular formula is C27H36N2O4S. The van der Waals surface area contributed by atoms with Crippen molar-refractivity contribution in [1.82, 2.24) is 9.21 Å². The number of aliphatic hydroxyl groups excluding tert-OH is 1. The van der Waals surface area contributed by atoms with Crippen molar-refractivity contribution in [2.45, 2.75) is 56.7 Å². The van der Waals surface area contributed by atoms with Gasteiger partial charge in [0.2, 0.25) is 10.0 Å². The van der Waals surface area contributed by atoms with Gasteiger partial charge in [0.1, 0.15) is 16.7 Å². The molecule has 1 aliphatic heterocycles. The highest BCUT2D eigenvalue weighted by atomic mass is 32.2. The largest absolute Gasteiger partial charge is 0.487 e. The molecule has 7 heteroatoms. The van der Waals surface area contributed by atoms with Crippen LogP contribution in [0.1, 0.15) is 44.2 Å².